The standard InChI is InChI=1S/C18H6Br2F6/c19-9-1-2-10(20)16(8-5-13(23)18(26)14(24)6-8)15(9)7-3-11(21)17(25)12(22)4-7/h1-6H. The molecule has 0 spiro atoms. The topological polar surface area (TPSA) is 0 Å². The van der Waals surface area contributed by atoms with Crippen molar-refractivity contribution in [2.45, 2.75) is 0 Å². The lowest BCUT2D eigenvalue weighted by molar-refractivity contribution is 0.447. The molecule has 0 N–H and O–H groups in total. The molecule has 8 heteroatoms. The molecule has 0 aliphatic carbocycles. The van der Waals surface area contributed by atoms with Crippen molar-refractivity contribution < 1.29 is 26.3 Å². The summed E-state index contributed by atoms with van der Waals surface area (Å²) in [6.07, 6.45) is 0. The zero-order valence-corrected chi connectivity index (χ0v) is 15.7. The molecule has 0 saturated heterocycles. The fraction of sp³-hybridized carbons (Fsp3) is 0. The van der Waals surface area contributed by atoms with Gasteiger partial charge in [0, 0.05) is 20.1 Å². The lowest BCUT2D eigenvalue weighted by Crippen LogP contribution is -1.97. The van der Waals surface area contributed by atoms with E-state index in [-0.39, 0.29) is 22.3 Å². The zero-order chi connectivity index (χ0) is 19.2. The average molecular weight is 496 g/mol. The third kappa shape index (κ3) is 3.27. The van der Waals surface area contributed by atoms with E-state index in [0.29, 0.717) is 8.95 Å². The fourth-order valence-corrected chi connectivity index (χ4v) is 3.63. The van der Waals surface area contributed by atoms with Gasteiger partial charge in [-0.05, 0) is 47.5 Å². The van der Waals surface area contributed by atoms with Crippen molar-refractivity contribution >= 4 is 31.9 Å². The molecular formula is C18H6Br2F6. The van der Waals surface area contributed by atoms with E-state index in [2.05, 4.69) is 31.9 Å². The van der Waals surface area contributed by atoms with E-state index in [4.69, 9.17) is 0 Å². The molecule has 3 aromatic carbocycles. The Morgan fingerprint density at radius 3 is 1.04 bits per heavy atom. The van der Waals surface area contributed by atoms with E-state index in [0.717, 1.165) is 24.3 Å². The molecule has 0 amide bonds. The van der Waals surface area contributed by atoms with E-state index in [1.165, 1.54) is 12.1 Å². The number of benzene rings is 3. The highest BCUT2D eigenvalue weighted by molar-refractivity contribution is 9.11. The van der Waals surface area contributed by atoms with Gasteiger partial charge in [0.05, 0.1) is 0 Å². The average Bonchev–Trinajstić information content (AvgIpc) is 2.58. The third-order valence-electron chi connectivity index (χ3n) is 3.65. The summed E-state index contributed by atoms with van der Waals surface area (Å²) < 4.78 is 81.8. The van der Waals surface area contributed by atoms with Gasteiger partial charge in [0.1, 0.15) is 0 Å². The van der Waals surface area contributed by atoms with Gasteiger partial charge in [0.2, 0.25) is 0 Å². The Hall–Kier alpha value is -1.80. The maximum atomic E-state index is 13.7. The van der Waals surface area contributed by atoms with E-state index in [1.54, 1.807) is 0 Å². The summed E-state index contributed by atoms with van der Waals surface area (Å²) in [5, 5.41) is 0. The second kappa shape index (κ2) is 7.08. The highest BCUT2D eigenvalue weighted by atomic mass is 79.9. The van der Waals surface area contributed by atoms with E-state index in [1.807, 2.05) is 0 Å². The minimum absolute atomic E-state index is 0.0743. The van der Waals surface area contributed by atoms with Crippen molar-refractivity contribution in [3.05, 3.63) is 80.2 Å². The first-order valence-corrected chi connectivity index (χ1v) is 8.57. The molecule has 0 bridgehead atoms. The maximum absolute atomic E-state index is 13.7. The van der Waals surface area contributed by atoms with Gasteiger partial charge in [-0.3, -0.25) is 0 Å². The van der Waals surface area contributed by atoms with Crippen LogP contribution in [0.2, 0.25) is 0 Å². The van der Waals surface area contributed by atoms with Crippen LogP contribution in [0.25, 0.3) is 22.3 Å². The summed E-state index contributed by atoms with van der Waals surface area (Å²) >= 11 is 6.43. The van der Waals surface area contributed by atoms with Crippen molar-refractivity contribution in [2.24, 2.45) is 0 Å². The maximum Gasteiger partial charge on any atom is 0.194 e. The van der Waals surface area contributed by atoms with Crippen LogP contribution in [-0.4, -0.2) is 0 Å². The second-order valence-corrected chi connectivity index (χ2v) is 7.00. The van der Waals surface area contributed by atoms with E-state index < -0.39 is 34.9 Å². The van der Waals surface area contributed by atoms with Gasteiger partial charge < -0.3 is 0 Å². The molecule has 0 atom stereocenters. The van der Waals surface area contributed by atoms with Gasteiger partial charge in [0.15, 0.2) is 34.9 Å². The lowest BCUT2D eigenvalue weighted by atomic mass is 9.94. The number of halogens is 8. The first-order chi connectivity index (χ1) is 12.2. The van der Waals surface area contributed by atoms with Crippen molar-refractivity contribution in [1.82, 2.24) is 0 Å². The molecule has 0 aliphatic heterocycles. The monoisotopic (exact) mass is 494 g/mol. The largest absolute Gasteiger partial charge is 0.204 e. The van der Waals surface area contributed by atoms with Crippen LogP contribution in [0, 0.1) is 34.9 Å². The second-order valence-electron chi connectivity index (χ2n) is 5.29. The predicted octanol–water partition coefficient (Wildman–Crippen LogP) is 7.38. The van der Waals surface area contributed by atoms with Crippen LogP contribution >= 0.6 is 31.9 Å². The van der Waals surface area contributed by atoms with Crippen LogP contribution in [0.15, 0.2) is 45.3 Å². The van der Waals surface area contributed by atoms with Gasteiger partial charge in [-0.15, -0.1) is 0 Å². The molecule has 0 unspecified atom stereocenters. The van der Waals surface area contributed by atoms with Crippen LogP contribution in [0.1, 0.15) is 0 Å². The van der Waals surface area contributed by atoms with Crippen molar-refractivity contribution in [2.75, 3.05) is 0 Å². The molecule has 0 fully saturated rings. The molecule has 0 nitrogen and oxygen atoms in total. The van der Waals surface area contributed by atoms with Crippen LogP contribution in [0.3, 0.4) is 0 Å². The van der Waals surface area contributed by atoms with Crippen molar-refractivity contribution in [1.29, 1.82) is 0 Å². The van der Waals surface area contributed by atoms with Crippen molar-refractivity contribution in [3.63, 3.8) is 0 Å². The minimum atomic E-state index is -1.64. The van der Waals surface area contributed by atoms with Crippen LogP contribution in [0.4, 0.5) is 26.3 Å². The normalized spacial score (nSPS) is 11.1. The molecule has 0 aromatic heterocycles. The Morgan fingerprint density at radius 1 is 0.500 bits per heavy atom. The number of rotatable bonds is 2. The van der Waals surface area contributed by atoms with Crippen LogP contribution < -0.4 is 0 Å². The Morgan fingerprint density at radius 2 is 0.769 bits per heavy atom. The summed E-state index contributed by atoms with van der Waals surface area (Å²) in [5.41, 5.74) is 0.134. The van der Waals surface area contributed by atoms with Crippen LogP contribution in [0.5, 0.6) is 0 Å². The van der Waals surface area contributed by atoms with E-state index >= 15 is 0 Å². The smallest absolute Gasteiger partial charge is 0.194 e. The highest BCUT2D eigenvalue weighted by Crippen LogP contribution is 2.43. The quantitative estimate of drug-likeness (QED) is 0.257. The minimum Gasteiger partial charge on any atom is -0.204 e. The molecule has 0 heterocycles. The molecular weight excluding hydrogens is 490 g/mol. The summed E-state index contributed by atoms with van der Waals surface area (Å²) in [6, 6.07) is 6.07. The van der Waals surface area contributed by atoms with Crippen molar-refractivity contribution in [3.8, 4) is 22.3 Å². The SMILES string of the molecule is Fc1cc(-c2c(Br)ccc(Br)c2-c2cc(F)c(F)c(F)c2)cc(F)c1F. The lowest BCUT2D eigenvalue weighted by Gasteiger charge is -2.16. The molecule has 0 radical (unpaired) electrons. The Balaban J connectivity index is 2.37. The first-order valence-electron chi connectivity index (χ1n) is 6.98. The van der Waals surface area contributed by atoms with Gasteiger partial charge >= 0.3 is 0 Å². The number of hydrogen-bond donors (Lipinski definition) is 0. The summed E-state index contributed by atoms with van der Waals surface area (Å²) in [7, 11) is 0. The molecule has 26 heavy (non-hydrogen) atoms. The summed E-state index contributed by atoms with van der Waals surface area (Å²) in [4.78, 5) is 0. The fourth-order valence-electron chi connectivity index (χ4n) is 2.52. The molecule has 0 saturated carbocycles. The predicted molar refractivity (Wildman–Crippen MR) is 92.5 cm³/mol. The Labute approximate surface area is 160 Å². The third-order valence-corrected chi connectivity index (χ3v) is 4.97. The molecule has 0 aliphatic rings. The van der Waals surface area contributed by atoms with Gasteiger partial charge in [-0.1, -0.05) is 31.9 Å². The first kappa shape index (κ1) is 19.0. The molecule has 3 rings (SSSR count). The summed E-state index contributed by atoms with van der Waals surface area (Å²) in [5.74, 6) is -8.97. The Kier molecular flexibility index (Phi) is 5.16. The summed E-state index contributed by atoms with van der Waals surface area (Å²) in [6.45, 7) is 0. The zero-order valence-electron chi connectivity index (χ0n) is 12.5. The van der Waals surface area contributed by atoms with Gasteiger partial charge in [-0.2, -0.15) is 0 Å². The molecule has 3 aromatic rings. The van der Waals surface area contributed by atoms with Crippen LogP contribution in [-0.2, 0) is 0 Å². The van der Waals surface area contributed by atoms with Gasteiger partial charge in [-0.25, -0.2) is 26.3 Å². The Bertz CT molecular complexity index is 904. The molecule has 134 valence electrons. The van der Waals surface area contributed by atoms with E-state index in [9.17, 15) is 26.3 Å². The van der Waals surface area contributed by atoms with Gasteiger partial charge in [0.25, 0.3) is 0 Å². The number of hydrogen-bond acceptors (Lipinski definition) is 0. The highest BCUT2D eigenvalue weighted by Gasteiger charge is 2.21.